The lowest BCUT2D eigenvalue weighted by Gasteiger charge is -2.36. The Labute approximate surface area is 86.5 Å². The number of hydrogen-bond donors (Lipinski definition) is 2. The van der Waals surface area contributed by atoms with Crippen LogP contribution in [-0.4, -0.2) is 48.8 Å². The van der Waals surface area contributed by atoms with Gasteiger partial charge in [-0.15, -0.1) is 0 Å². The van der Waals surface area contributed by atoms with E-state index in [9.17, 15) is 0 Å². The average Bonchev–Trinajstić information content (AvgIpc) is 2.87. The summed E-state index contributed by atoms with van der Waals surface area (Å²) in [7, 11) is 2.19. The first-order valence-electron chi connectivity index (χ1n) is 5.83. The molecular formula is C11H22N2O. The summed E-state index contributed by atoms with van der Waals surface area (Å²) in [5.74, 6) is 0.690. The van der Waals surface area contributed by atoms with E-state index in [0.29, 0.717) is 18.6 Å². The van der Waals surface area contributed by atoms with Crippen molar-refractivity contribution in [3.05, 3.63) is 0 Å². The predicted molar refractivity (Wildman–Crippen MR) is 57.3 cm³/mol. The fourth-order valence-electron chi connectivity index (χ4n) is 2.54. The van der Waals surface area contributed by atoms with Crippen LogP contribution >= 0.6 is 0 Å². The largest absolute Gasteiger partial charge is 0.396 e. The summed E-state index contributed by atoms with van der Waals surface area (Å²) in [5, 5.41) is 12.6. The van der Waals surface area contributed by atoms with Gasteiger partial charge in [0.05, 0.1) is 0 Å². The van der Waals surface area contributed by atoms with Crippen molar-refractivity contribution >= 4 is 0 Å². The Kier molecular flexibility index (Phi) is 3.42. The van der Waals surface area contributed by atoms with Crippen molar-refractivity contribution in [3.8, 4) is 0 Å². The third-order valence-electron chi connectivity index (χ3n) is 3.31. The molecule has 0 bridgehead atoms. The van der Waals surface area contributed by atoms with Gasteiger partial charge in [0.25, 0.3) is 0 Å². The maximum absolute atomic E-state index is 8.95. The molecule has 2 fully saturated rings. The first-order valence-corrected chi connectivity index (χ1v) is 5.83. The molecule has 1 aliphatic heterocycles. The van der Waals surface area contributed by atoms with Gasteiger partial charge in [-0.25, -0.2) is 0 Å². The van der Waals surface area contributed by atoms with E-state index in [4.69, 9.17) is 5.11 Å². The minimum absolute atomic E-state index is 0.342. The summed E-state index contributed by atoms with van der Waals surface area (Å²) in [6, 6.07) is 1.47. The highest BCUT2D eigenvalue weighted by Gasteiger charge is 2.29. The van der Waals surface area contributed by atoms with Gasteiger partial charge in [0, 0.05) is 31.8 Å². The van der Waals surface area contributed by atoms with E-state index in [1.54, 1.807) is 0 Å². The third kappa shape index (κ3) is 2.94. The molecule has 1 saturated carbocycles. The summed E-state index contributed by atoms with van der Waals surface area (Å²) in [6.07, 6.45) is 4.95. The van der Waals surface area contributed by atoms with E-state index < -0.39 is 0 Å². The second-order valence-electron chi connectivity index (χ2n) is 4.97. The summed E-state index contributed by atoms with van der Waals surface area (Å²) < 4.78 is 0. The summed E-state index contributed by atoms with van der Waals surface area (Å²) in [4.78, 5) is 2.39. The van der Waals surface area contributed by atoms with E-state index in [2.05, 4.69) is 17.3 Å². The van der Waals surface area contributed by atoms with Crippen LogP contribution in [0.3, 0.4) is 0 Å². The van der Waals surface area contributed by atoms with Gasteiger partial charge in [-0.05, 0) is 38.6 Å². The number of likely N-dealkylation sites (N-methyl/N-ethyl adjacent to an activating group) is 1. The minimum atomic E-state index is 0.342. The van der Waals surface area contributed by atoms with Crippen LogP contribution in [0.4, 0.5) is 0 Å². The van der Waals surface area contributed by atoms with Crippen molar-refractivity contribution in [2.24, 2.45) is 5.92 Å². The molecule has 82 valence electrons. The van der Waals surface area contributed by atoms with Gasteiger partial charge in [-0.3, -0.25) is 0 Å². The first kappa shape index (κ1) is 10.4. The zero-order chi connectivity index (χ0) is 9.97. The van der Waals surface area contributed by atoms with Gasteiger partial charge in [0.1, 0.15) is 0 Å². The molecule has 0 radical (unpaired) electrons. The first-order chi connectivity index (χ1) is 6.78. The molecule has 2 aliphatic rings. The zero-order valence-electron chi connectivity index (χ0n) is 9.08. The molecule has 2 atom stereocenters. The van der Waals surface area contributed by atoms with Crippen LogP contribution in [0.25, 0.3) is 0 Å². The van der Waals surface area contributed by atoms with Crippen molar-refractivity contribution < 1.29 is 5.11 Å². The zero-order valence-corrected chi connectivity index (χ0v) is 9.08. The number of likely N-dealkylation sites (tertiary alicyclic amines) is 1. The molecule has 2 unspecified atom stereocenters. The van der Waals surface area contributed by atoms with Gasteiger partial charge in [-0.2, -0.15) is 0 Å². The topological polar surface area (TPSA) is 35.5 Å². The van der Waals surface area contributed by atoms with Gasteiger partial charge in [0.2, 0.25) is 0 Å². The molecule has 0 spiro atoms. The van der Waals surface area contributed by atoms with Crippen LogP contribution in [0.1, 0.15) is 25.7 Å². The van der Waals surface area contributed by atoms with Gasteiger partial charge in [0.15, 0.2) is 0 Å². The summed E-state index contributed by atoms with van der Waals surface area (Å²) in [5.41, 5.74) is 0. The monoisotopic (exact) mass is 198 g/mol. The van der Waals surface area contributed by atoms with Crippen molar-refractivity contribution in [2.45, 2.75) is 37.8 Å². The molecule has 14 heavy (non-hydrogen) atoms. The number of rotatable bonds is 4. The molecule has 0 aromatic heterocycles. The van der Waals surface area contributed by atoms with Crippen molar-refractivity contribution in [1.29, 1.82) is 0 Å². The lowest BCUT2D eigenvalue weighted by molar-refractivity contribution is 0.142. The number of hydrogen-bond acceptors (Lipinski definition) is 3. The van der Waals surface area contributed by atoms with Crippen LogP contribution < -0.4 is 5.32 Å². The van der Waals surface area contributed by atoms with E-state index in [-0.39, 0.29) is 0 Å². The molecule has 0 amide bonds. The second-order valence-corrected chi connectivity index (χ2v) is 4.97. The van der Waals surface area contributed by atoms with E-state index in [0.717, 1.165) is 19.0 Å². The highest BCUT2D eigenvalue weighted by atomic mass is 16.3. The van der Waals surface area contributed by atoms with Crippen LogP contribution in [0.2, 0.25) is 0 Å². The SMILES string of the molecule is CN1CC(CCO)CC(NC2CC2)C1. The minimum Gasteiger partial charge on any atom is -0.396 e. The van der Waals surface area contributed by atoms with Gasteiger partial charge in [-0.1, -0.05) is 0 Å². The molecule has 0 aromatic carbocycles. The lowest BCUT2D eigenvalue weighted by Crippen LogP contribution is -2.48. The molecule has 0 aromatic rings. The Bertz CT molecular complexity index is 180. The maximum Gasteiger partial charge on any atom is 0.0434 e. The molecular weight excluding hydrogens is 176 g/mol. The lowest BCUT2D eigenvalue weighted by atomic mass is 9.92. The normalized spacial score (nSPS) is 34.7. The molecule has 2 rings (SSSR count). The number of aliphatic hydroxyl groups excluding tert-OH is 1. The van der Waals surface area contributed by atoms with Crippen LogP contribution in [0.5, 0.6) is 0 Å². The van der Waals surface area contributed by atoms with Crippen LogP contribution in [-0.2, 0) is 0 Å². The van der Waals surface area contributed by atoms with Crippen molar-refractivity contribution in [3.63, 3.8) is 0 Å². The van der Waals surface area contributed by atoms with Crippen LogP contribution in [0, 0.1) is 5.92 Å². The van der Waals surface area contributed by atoms with Gasteiger partial charge < -0.3 is 15.3 Å². The Morgan fingerprint density at radius 1 is 1.29 bits per heavy atom. The van der Waals surface area contributed by atoms with E-state index >= 15 is 0 Å². The predicted octanol–water partition coefficient (Wildman–Crippen LogP) is 0.441. The maximum atomic E-state index is 8.95. The van der Waals surface area contributed by atoms with Crippen molar-refractivity contribution in [2.75, 3.05) is 26.7 Å². The average molecular weight is 198 g/mol. The molecule has 3 heteroatoms. The number of nitrogens with one attached hydrogen (secondary N) is 1. The highest BCUT2D eigenvalue weighted by molar-refractivity contribution is 4.89. The Morgan fingerprint density at radius 2 is 2.07 bits per heavy atom. The fraction of sp³-hybridized carbons (Fsp3) is 1.00. The third-order valence-corrected chi connectivity index (χ3v) is 3.31. The number of piperidine rings is 1. The molecule has 1 saturated heterocycles. The molecule has 1 aliphatic carbocycles. The Balaban J connectivity index is 1.78. The van der Waals surface area contributed by atoms with Gasteiger partial charge >= 0.3 is 0 Å². The molecule has 1 heterocycles. The number of nitrogens with zero attached hydrogens (tertiary/aromatic N) is 1. The smallest absolute Gasteiger partial charge is 0.0434 e. The summed E-state index contributed by atoms with van der Waals surface area (Å²) in [6.45, 7) is 2.68. The Hall–Kier alpha value is -0.120. The quantitative estimate of drug-likeness (QED) is 0.688. The second kappa shape index (κ2) is 4.60. The standard InChI is InChI=1S/C11H22N2O/c1-13-7-9(4-5-14)6-11(8-13)12-10-2-3-10/h9-12,14H,2-8H2,1H3. The van der Waals surface area contributed by atoms with E-state index in [1.165, 1.54) is 25.8 Å². The van der Waals surface area contributed by atoms with Crippen LogP contribution in [0.15, 0.2) is 0 Å². The Morgan fingerprint density at radius 3 is 2.71 bits per heavy atom. The van der Waals surface area contributed by atoms with Crippen molar-refractivity contribution in [1.82, 2.24) is 10.2 Å². The number of aliphatic hydroxyl groups is 1. The molecule has 2 N–H and O–H groups in total. The highest BCUT2D eigenvalue weighted by Crippen LogP contribution is 2.24. The van der Waals surface area contributed by atoms with E-state index in [1.807, 2.05) is 0 Å². The fourth-order valence-corrected chi connectivity index (χ4v) is 2.54. The molecule has 3 nitrogen and oxygen atoms in total. The summed E-state index contributed by atoms with van der Waals surface area (Å²) >= 11 is 0.